The lowest BCUT2D eigenvalue weighted by atomic mass is 9.81. The lowest BCUT2D eigenvalue weighted by Gasteiger charge is -2.26. The average molecular weight is 307 g/mol. The van der Waals surface area contributed by atoms with Gasteiger partial charge in [0.05, 0.1) is 5.69 Å². The van der Waals surface area contributed by atoms with Crippen LogP contribution < -0.4 is 0 Å². The van der Waals surface area contributed by atoms with Gasteiger partial charge in [-0.2, -0.15) is 0 Å². The van der Waals surface area contributed by atoms with E-state index in [-0.39, 0.29) is 10.8 Å². The first-order valence-electron chi connectivity index (χ1n) is 9.26. The standard InChI is InChI=1S/C20H38N2/c1-9-11-12-14-19(5,6)17-16(15(3)4)21-18(22-17)20(7,8)13-10-2/h15H,9-14H2,1-8H3,(H,21,22). The van der Waals surface area contributed by atoms with Crippen molar-refractivity contribution in [1.82, 2.24) is 9.97 Å². The highest BCUT2D eigenvalue weighted by molar-refractivity contribution is 5.28. The summed E-state index contributed by atoms with van der Waals surface area (Å²) in [5, 5.41) is 0. The number of hydrogen-bond acceptors (Lipinski definition) is 1. The molecule has 0 spiro atoms. The maximum Gasteiger partial charge on any atom is 0.112 e. The highest BCUT2D eigenvalue weighted by Crippen LogP contribution is 2.36. The van der Waals surface area contributed by atoms with Crippen molar-refractivity contribution in [2.45, 2.75) is 111 Å². The Kier molecular flexibility index (Phi) is 6.70. The summed E-state index contributed by atoms with van der Waals surface area (Å²) in [6.45, 7) is 18.4. The van der Waals surface area contributed by atoms with Gasteiger partial charge in [-0.25, -0.2) is 4.98 Å². The quantitative estimate of drug-likeness (QED) is 0.520. The van der Waals surface area contributed by atoms with E-state index < -0.39 is 0 Å². The molecule has 1 heterocycles. The third-order valence-corrected chi connectivity index (χ3v) is 4.88. The van der Waals surface area contributed by atoms with Gasteiger partial charge in [-0.15, -0.1) is 0 Å². The molecule has 0 saturated heterocycles. The van der Waals surface area contributed by atoms with Crippen LogP contribution in [-0.4, -0.2) is 9.97 Å². The SMILES string of the molecule is CCCCCC(C)(C)c1[nH]c(C(C)(C)CCC)nc1C(C)C. The number of aromatic nitrogens is 2. The van der Waals surface area contributed by atoms with Crippen LogP contribution in [-0.2, 0) is 10.8 Å². The van der Waals surface area contributed by atoms with Crippen LogP contribution in [0.1, 0.15) is 117 Å². The first-order chi connectivity index (χ1) is 10.2. The van der Waals surface area contributed by atoms with E-state index in [1.165, 1.54) is 55.7 Å². The topological polar surface area (TPSA) is 28.7 Å². The fourth-order valence-electron chi connectivity index (χ4n) is 3.33. The zero-order valence-corrected chi connectivity index (χ0v) is 16.3. The maximum atomic E-state index is 5.04. The van der Waals surface area contributed by atoms with E-state index in [4.69, 9.17) is 4.98 Å². The van der Waals surface area contributed by atoms with E-state index >= 15 is 0 Å². The van der Waals surface area contributed by atoms with Gasteiger partial charge in [0.25, 0.3) is 0 Å². The molecule has 0 bridgehead atoms. The van der Waals surface area contributed by atoms with Crippen LogP contribution in [0, 0.1) is 0 Å². The van der Waals surface area contributed by atoms with Gasteiger partial charge in [0.2, 0.25) is 0 Å². The Hall–Kier alpha value is -0.790. The Balaban J connectivity index is 3.15. The Bertz CT molecular complexity index is 452. The summed E-state index contributed by atoms with van der Waals surface area (Å²) in [4.78, 5) is 8.78. The highest BCUT2D eigenvalue weighted by atomic mass is 15.0. The molecule has 2 heteroatoms. The summed E-state index contributed by atoms with van der Waals surface area (Å²) in [6, 6.07) is 0. The van der Waals surface area contributed by atoms with Crippen LogP contribution in [0.5, 0.6) is 0 Å². The minimum absolute atomic E-state index is 0.135. The lowest BCUT2D eigenvalue weighted by Crippen LogP contribution is -2.21. The Morgan fingerprint density at radius 3 is 2.05 bits per heavy atom. The largest absolute Gasteiger partial charge is 0.345 e. The Morgan fingerprint density at radius 1 is 0.909 bits per heavy atom. The molecule has 0 atom stereocenters. The second-order valence-electron chi connectivity index (χ2n) is 8.48. The molecule has 1 rings (SSSR count). The lowest BCUT2D eigenvalue weighted by molar-refractivity contribution is 0.425. The van der Waals surface area contributed by atoms with Crippen LogP contribution in [0.3, 0.4) is 0 Å². The minimum atomic E-state index is 0.135. The molecule has 2 nitrogen and oxygen atoms in total. The van der Waals surface area contributed by atoms with E-state index in [0.29, 0.717) is 5.92 Å². The fraction of sp³-hybridized carbons (Fsp3) is 0.850. The molecule has 1 aromatic rings. The van der Waals surface area contributed by atoms with Gasteiger partial charge in [0.15, 0.2) is 0 Å². The van der Waals surface area contributed by atoms with Gasteiger partial charge in [-0.05, 0) is 18.8 Å². The summed E-state index contributed by atoms with van der Waals surface area (Å²) in [5.41, 5.74) is 2.97. The minimum Gasteiger partial charge on any atom is -0.345 e. The normalized spacial score (nSPS) is 13.1. The molecule has 1 aromatic heterocycles. The van der Waals surface area contributed by atoms with Gasteiger partial charge >= 0.3 is 0 Å². The predicted octanol–water partition coefficient (Wildman–Crippen LogP) is 6.47. The van der Waals surface area contributed by atoms with E-state index in [0.717, 1.165) is 0 Å². The van der Waals surface area contributed by atoms with Crippen LogP contribution in [0.15, 0.2) is 0 Å². The van der Waals surface area contributed by atoms with E-state index in [1.54, 1.807) is 0 Å². The van der Waals surface area contributed by atoms with Crippen LogP contribution in [0.4, 0.5) is 0 Å². The van der Waals surface area contributed by atoms with E-state index in [9.17, 15) is 0 Å². The molecule has 22 heavy (non-hydrogen) atoms. The zero-order chi connectivity index (χ0) is 17.0. The van der Waals surface area contributed by atoms with Crippen LogP contribution in [0.25, 0.3) is 0 Å². The summed E-state index contributed by atoms with van der Waals surface area (Å²) >= 11 is 0. The maximum absolute atomic E-state index is 5.04. The summed E-state index contributed by atoms with van der Waals surface area (Å²) in [5.74, 6) is 1.65. The number of nitrogens with one attached hydrogen (secondary N) is 1. The van der Waals surface area contributed by atoms with E-state index in [1.807, 2.05) is 0 Å². The molecule has 1 N–H and O–H groups in total. The second kappa shape index (κ2) is 7.66. The number of nitrogens with zero attached hydrogens (tertiary/aromatic N) is 1. The number of hydrogen-bond donors (Lipinski definition) is 1. The van der Waals surface area contributed by atoms with Crippen molar-refractivity contribution in [2.75, 3.05) is 0 Å². The molecule has 128 valence electrons. The first-order valence-corrected chi connectivity index (χ1v) is 9.26. The third-order valence-electron chi connectivity index (χ3n) is 4.88. The number of aromatic amines is 1. The van der Waals surface area contributed by atoms with Crippen molar-refractivity contribution < 1.29 is 0 Å². The summed E-state index contributed by atoms with van der Waals surface area (Å²) < 4.78 is 0. The molecule has 0 aliphatic rings. The third kappa shape index (κ3) is 4.60. The molecule has 0 saturated carbocycles. The predicted molar refractivity (Wildman–Crippen MR) is 97.8 cm³/mol. The van der Waals surface area contributed by atoms with Gasteiger partial charge < -0.3 is 4.98 Å². The molecule has 0 aliphatic heterocycles. The average Bonchev–Trinajstić information content (AvgIpc) is 2.85. The van der Waals surface area contributed by atoms with Crippen molar-refractivity contribution in [3.05, 3.63) is 17.2 Å². The number of H-pyrrole nitrogens is 1. The molecule has 0 fully saturated rings. The Labute approximate surface area is 138 Å². The van der Waals surface area contributed by atoms with Gasteiger partial charge in [0.1, 0.15) is 5.82 Å². The molecule has 0 aromatic carbocycles. The van der Waals surface area contributed by atoms with Gasteiger partial charge in [-0.3, -0.25) is 0 Å². The fourth-order valence-corrected chi connectivity index (χ4v) is 3.33. The zero-order valence-electron chi connectivity index (χ0n) is 16.3. The van der Waals surface area contributed by atoms with Crippen molar-refractivity contribution in [3.63, 3.8) is 0 Å². The monoisotopic (exact) mass is 306 g/mol. The van der Waals surface area contributed by atoms with Crippen molar-refractivity contribution >= 4 is 0 Å². The Morgan fingerprint density at radius 2 is 1.55 bits per heavy atom. The molecule has 0 amide bonds. The van der Waals surface area contributed by atoms with Crippen molar-refractivity contribution in [1.29, 1.82) is 0 Å². The first kappa shape index (κ1) is 19.3. The summed E-state index contributed by atoms with van der Waals surface area (Å²) in [7, 11) is 0. The van der Waals surface area contributed by atoms with E-state index in [2.05, 4.69) is 60.4 Å². The number of imidazole rings is 1. The number of rotatable bonds is 9. The smallest absolute Gasteiger partial charge is 0.112 e. The van der Waals surface area contributed by atoms with Crippen LogP contribution >= 0.6 is 0 Å². The van der Waals surface area contributed by atoms with Gasteiger partial charge in [-0.1, -0.05) is 81.1 Å². The van der Waals surface area contributed by atoms with Crippen LogP contribution in [0.2, 0.25) is 0 Å². The van der Waals surface area contributed by atoms with Gasteiger partial charge in [0, 0.05) is 16.5 Å². The van der Waals surface area contributed by atoms with Crippen molar-refractivity contribution in [2.24, 2.45) is 0 Å². The molecular formula is C20H38N2. The highest BCUT2D eigenvalue weighted by Gasteiger charge is 2.31. The second-order valence-corrected chi connectivity index (χ2v) is 8.48. The van der Waals surface area contributed by atoms with Crippen molar-refractivity contribution in [3.8, 4) is 0 Å². The molecular weight excluding hydrogens is 268 g/mol. The molecule has 0 unspecified atom stereocenters. The molecule has 0 aliphatic carbocycles. The number of unbranched alkanes of at least 4 members (excludes halogenated alkanes) is 2. The summed E-state index contributed by atoms with van der Waals surface area (Å²) in [6.07, 6.45) is 7.51. The molecule has 0 radical (unpaired) electrons.